The highest BCUT2D eigenvalue weighted by Crippen LogP contribution is 2.28. The zero-order valence-corrected chi connectivity index (χ0v) is 12.4. The van der Waals surface area contributed by atoms with Crippen LogP contribution in [-0.4, -0.2) is 32.4 Å². The molecule has 0 unspecified atom stereocenters. The summed E-state index contributed by atoms with van der Waals surface area (Å²) in [7, 11) is -1.48. The van der Waals surface area contributed by atoms with Crippen LogP contribution in [-0.2, 0) is 22.3 Å². The van der Waals surface area contributed by atoms with Gasteiger partial charge in [-0.25, -0.2) is 12.7 Å². The molecule has 1 N–H and O–H groups in total. The van der Waals surface area contributed by atoms with Crippen LogP contribution in [0.2, 0.25) is 0 Å². The van der Waals surface area contributed by atoms with Crippen molar-refractivity contribution in [2.24, 2.45) is 0 Å². The van der Waals surface area contributed by atoms with Gasteiger partial charge in [0.15, 0.2) is 0 Å². The first-order chi connectivity index (χ1) is 9.03. The lowest BCUT2D eigenvalue weighted by Crippen LogP contribution is -2.30. The van der Waals surface area contributed by atoms with Gasteiger partial charge in [0.1, 0.15) is 0 Å². The van der Waals surface area contributed by atoms with Crippen LogP contribution < -0.4 is 5.32 Å². The molecule has 0 heterocycles. The molecule has 1 saturated carbocycles. The van der Waals surface area contributed by atoms with Crippen LogP contribution in [0.3, 0.4) is 0 Å². The van der Waals surface area contributed by atoms with Crippen molar-refractivity contribution in [3.8, 4) is 0 Å². The van der Waals surface area contributed by atoms with Crippen molar-refractivity contribution in [2.45, 2.75) is 38.1 Å². The molecule has 1 aromatic carbocycles. The van der Waals surface area contributed by atoms with E-state index >= 15 is 0 Å². The van der Waals surface area contributed by atoms with Gasteiger partial charge in [-0.15, -0.1) is 0 Å². The third-order valence-electron chi connectivity index (χ3n) is 3.45. The summed E-state index contributed by atoms with van der Waals surface area (Å²) < 4.78 is 25.8. The molecule has 5 heteroatoms. The minimum Gasteiger partial charge on any atom is -0.313 e. The normalized spacial score (nSPS) is 15.9. The molecule has 0 atom stereocenters. The second kappa shape index (κ2) is 6.03. The van der Waals surface area contributed by atoms with Crippen molar-refractivity contribution in [2.75, 3.05) is 13.6 Å². The minimum atomic E-state index is -3.16. The highest BCUT2D eigenvalue weighted by atomic mass is 32.2. The Bertz CT molecular complexity index is 507. The maximum absolute atomic E-state index is 12.2. The molecule has 0 aromatic heterocycles. The first-order valence-corrected chi connectivity index (χ1v) is 8.38. The summed E-state index contributed by atoms with van der Waals surface area (Å²) in [5, 5.41) is 3.25. The second-order valence-corrected chi connectivity index (χ2v) is 7.13. The smallest absolute Gasteiger partial charge is 0.218 e. The minimum absolute atomic E-state index is 0.0987. The average molecular weight is 282 g/mol. The predicted molar refractivity (Wildman–Crippen MR) is 77.2 cm³/mol. The largest absolute Gasteiger partial charge is 0.313 e. The number of benzene rings is 1. The quantitative estimate of drug-likeness (QED) is 0.828. The molecule has 4 nitrogen and oxygen atoms in total. The number of nitrogens with one attached hydrogen (secondary N) is 1. The number of rotatable bonds is 7. The molecular formula is C14H22N2O2S. The van der Waals surface area contributed by atoms with E-state index < -0.39 is 10.0 Å². The van der Waals surface area contributed by atoms with Crippen LogP contribution in [0.1, 0.15) is 30.9 Å². The lowest BCUT2D eigenvalue weighted by molar-refractivity contribution is 0.463. The molecule has 0 aliphatic heterocycles. The average Bonchev–Trinajstić information content (AvgIpc) is 3.21. The van der Waals surface area contributed by atoms with E-state index in [9.17, 15) is 8.42 Å². The fourth-order valence-corrected chi connectivity index (χ4v) is 3.48. The Morgan fingerprint density at radius 1 is 1.21 bits per heavy atom. The molecule has 2 rings (SSSR count). The van der Waals surface area contributed by atoms with Gasteiger partial charge in [0.05, 0.1) is 5.75 Å². The van der Waals surface area contributed by atoms with Crippen molar-refractivity contribution >= 4 is 10.0 Å². The molecule has 106 valence electrons. The zero-order chi connectivity index (χ0) is 13.9. The molecule has 19 heavy (non-hydrogen) atoms. The fraction of sp³-hybridized carbons (Fsp3) is 0.571. The van der Waals surface area contributed by atoms with Crippen molar-refractivity contribution in [3.63, 3.8) is 0 Å². The van der Waals surface area contributed by atoms with Crippen molar-refractivity contribution in [1.82, 2.24) is 9.62 Å². The van der Waals surface area contributed by atoms with Gasteiger partial charge in [-0.1, -0.05) is 31.2 Å². The van der Waals surface area contributed by atoms with Gasteiger partial charge in [-0.2, -0.15) is 0 Å². The Balaban J connectivity index is 1.98. The molecule has 0 radical (unpaired) electrons. The standard InChI is InChI=1S/C14H22N2O2S/c1-3-15-10-12-4-6-13(7-5-12)11-19(17,18)16(2)14-8-9-14/h4-7,14-15H,3,8-11H2,1-2H3. The second-order valence-electron chi connectivity index (χ2n) is 5.10. The first-order valence-electron chi connectivity index (χ1n) is 6.77. The van der Waals surface area contributed by atoms with Crippen LogP contribution in [0.25, 0.3) is 0 Å². The highest BCUT2D eigenvalue weighted by molar-refractivity contribution is 7.88. The van der Waals surface area contributed by atoms with E-state index in [2.05, 4.69) is 12.2 Å². The van der Waals surface area contributed by atoms with Crippen LogP contribution in [0, 0.1) is 0 Å². The van der Waals surface area contributed by atoms with Crippen LogP contribution >= 0.6 is 0 Å². The van der Waals surface area contributed by atoms with Crippen LogP contribution in [0.15, 0.2) is 24.3 Å². The lowest BCUT2D eigenvalue weighted by atomic mass is 10.1. The van der Waals surface area contributed by atoms with E-state index in [4.69, 9.17) is 0 Å². The van der Waals surface area contributed by atoms with E-state index in [0.717, 1.165) is 31.5 Å². The summed E-state index contributed by atoms with van der Waals surface area (Å²) in [5.41, 5.74) is 2.03. The summed E-state index contributed by atoms with van der Waals surface area (Å²) in [5.74, 6) is 0.0987. The van der Waals surface area contributed by atoms with Gasteiger partial charge in [-0.3, -0.25) is 0 Å². The van der Waals surface area contributed by atoms with E-state index in [0.29, 0.717) is 0 Å². The molecule has 0 bridgehead atoms. The van der Waals surface area contributed by atoms with E-state index in [1.54, 1.807) is 7.05 Å². The molecule has 0 saturated heterocycles. The lowest BCUT2D eigenvalue weighted by Gasteiger charge is -2.16. The Morgan fingerprint density at radius 3 is 2.32 bits per heavy atom. The van der Waals surface area contributed by atoms with E-state index in [1.807, 2.05) is 24.3 Å². The summed E-state index contributed by atoms with van der Waals surface area (Å²) >= 11 is 0. The highest BCUT2D eigenvalue weighted by Gasteiger charge is 2.33. The molecule has 1 fully saturated rings. The van der Waals surface area contributed by atoms with Crippen molar-refractivity contribution < 1.29 is 8.42 Å². The predicted octanol–water partition coefficient (Wildman–Crippen LogP) is 1.72. The Kier molecular flexibility index (Phi) is 4.60. The Hall–Kier alpha value is -0.910. The topological polar surface area (TPSA) is 49.4 Å². The van der Waals surface area contributed by atoms with Gasteiger partial charge in [-0.05, 0) is 30.5 Å². The molecule has 1 aromatic rings. The summed E-state index contributed by atoms with van der Waals surface area (Å²) in [6, 6.07) is 8.03. The summed E-state index contributed by atoms with van der Waals surface area (Å²) in [6.07, 6.45) is 1.99. The molecule has 1 aliphatic rings. The zero-order valence-electron chi connectivity index (χ0n) is 11.6. The Labute approximate surface area is 115 Å². The number of hydrogen-bond acceptors (Lipinski definition) is 3. The SMILES string of the molecule is CCNCc1ccc(CS(=O)(=O)N(C)C2CC2)cc1. The third-order valence-corrected chi connectivity index (χ3v) is 5.32. The van der Waals surface area contributed by atoms with E-state index in [1.165, 1.54) is 9.87 Å². The van der Waals surface area contributed by atoms with Crippen LogP contribution in [0.5, 0.6) is 0 Å². The maximum atomic E-state index is 12.2. The van der Waals surface area contributed by atoms with Gasteiger partial charge >= 0.3 is 0 Å². The number of nitrogens with zero attached hydrogens (tertiary/aromatic N) is 1. The number of sulfonamides is 1. The Morgan fingerprint density at radius 2 is 1.79 bits per heavy atom. The van der Waals surface area contributed by atoms with E-state index in [-0.39, 0.29) is 11.8 Å². The van der Waals surface area contributed by atoms with Crippen LogP contribution in [0.4, 0.5) is 0 Å². The van der Waals surface area contributed by atoms with Crippen molar-refractivity contribution in [3.05, 3.63) is 35.4 Å². The monoisotopic (exact) mass is 282 g/mol. The maximum Gasteiger partial charge on any atom is 0.218 e. The number of hydrogen-bond donors (Lipinski definition) is 1. The molecule has 0 amide bonds. The van der Waals surface area contributed by atoms with Gasteiger partial charge in [0.2, 0.25) is 10.0 Å². The molecular weight excluding hydrogens is 260 g/mol. The summed E-state index contributed by atoms with van der Waals surface area (Å²) in [6.45, 7) is 3.82. The van der Waals surface area contributed by atoms with Crippen molar-refractivity contribution in [1.29, 1.82) is 0 Å². The van der Waals surface area contributed by atoms with Gasteiger partial charge in [0.25, 0.3) is 0 Å². The molecule has 0 spiro atoms. The fourth-order valence-electron chi connectivity index (χ4n) is 2.00. The third kappa shape index (κ3) is 4.03. The van der Waals surface area contributed by atoms with Gasteiger partial charge in [0, 0.05) is 19.6 Å². The van der Waals surface area contributed by atoms with Gasteiger partial charge < -0.3 is 5.32 Å². The molecule has 1 aliphatic carbocycles. The summed E-state index contributed by atoms with van der Waals surface area (Å²) in [4.78, 5) is 0. The first kappa shape index (κ1) is 14.5.